The van der Waals surface area contributed by atoms with E-state index in [1.807, 2.05) is 0 Å². The van der Waals surface area contributed by atoms with E-state index in [1.54, 1.807) is 0 Å². The third-order valence-corrected chi connectivity index (χ3v) is 4.18. The second-order valence-electron chi connectivity index (χ2n) is 7.44. The van der Waals surface area contributed by atoms with Crippen molar-refractivity contribution in [3.8, 4) is 0 Å². The Hall–Kier alpha value is -3.74. The van der Waals surface area contributed by atoms with E-state index in [-0.39, 0.29) is 24.5 Å². The molecular formula is C19H42N10O8. The normalized spacial score (nSPS) is 14.9. The molecule has 1 rings (SSSR count). The first-order valence-electron chi connectivity index (χ1n) is 11.2. The van der Waals surface area contributed by atoms with Gasteiger partial charge in [0.05, 0.1) is 6.54 Å². The molecule has 37 heavy (non-hydrogen) atoms. The van der Waals surface area contributed by atoms with Gasteiger partial charge in [0, 0.05) is 13.1 Å². The van der Waals surface area contributed by atoms with Gasteiger partial charge < -0.3 is 65.0 Å². The molecule has 0 radical (unpaired) electrons. The second-order valence-corrected chi connectivity index (χ2v) is 7.44. The number of aliphatic carboxylic acids is 4. The first kappa shape index (κ1) is 37.8. The fourth-order valence-corrected chi connectivity index (χ4v) is 2.23. The molecule has 1 aliphatic rings. The Balaban J connectivity index is -0.000000435. The zero-order valence-electron chi connectivity index (χ0n) is 20.6. The molecule has 0 aliphatic carbocycles. The molecule has 1 aliphatic heterocycles. The minimum Gasteiger partial charge on any atom is -0.480 e. The number of rotatable bonds is 12. The highest BCUT2D eigenvalue weighted by atomic mass is 16.4. The van der Waals surface area contributed by atoms with E-state index in [0.717, 1.165) is 19.4 Å². The van der Waals surface area contributed by atoms with E-state index in [0.29, 0.717) is 38.8 Å². The summed E-state index contributed by atoms with van der Waals surface area (Å²) in [5.74, 6) is -3.92. The first-order chi connectivity index (χ1) is 17.1. The van der Waals surface area contributed by atoms with Crippen LogP contribution in [-0.4, -0.2) is 101 Å². The third kappa shape index (κ3) is 30.2. The van der Waals surface area contributed by atoms with E-state index in [2.05, 4.69) is 21.7 Å². The predicted molar refractivity (Wildman–Crippen MR) is 135 cm³/mol. The molecule has 0 bridgehead atoms. The van der Waals surface area contributed by atoms with Crippen LogP contribution < -0.4 is 44.6 Å². The van der Waals surface area contributed by atoms with Crippen molar-refractivity contribution >= 4 is 35.8 Å². The summed E-state index contributed by atoms with van der Waals surface area (Å²) in [4.78, 5) is 39.8. The lowest BCUT2D eigenvalue weighted by Gasteiger charge is -2.06. The number of carboxylic acids is 4. The SMILES string of the molecule is N=C(N)NCCC[C@H](N)C(=O)O.N=C(N)NCCC[C@H](N)C(=O)O.NCC(=O)O.O=C(O)[C@@H]1CCCN1. The van der Waals surface area contributed by atoms with Crippen molar-refractivity contribution in [2.45, 2.75) is 56.7 Å². The van der Waals surface area contributed by atoms with Crippen LogP contribution >= 0.6 is 0 Å². The average Bonchev–Trinajstić information content (AvgIpc) is 3.35. The lowest BCUT2D eigenvalue weighted by Crippen LogP contribution is -2.34. The second kappa shape index (κ2) is 24.0. The van der Waals surface area contributed by atoms with Gasteiger partial charge in [0.2, 0.25) is 0 Å². The predicted octanol–water partition coefficient (Wildman–Crippen LogP) is -3.82. The molecule has 19 N–H and O–H groups in total. The molecule has 1 heterocycles. The number of nitrogens with one attached hydrogen (secondary N) is 5. The maximum Gasteiger partial charge on any atom is 0.320 e. The summed E-state index contributed by atoms with van der Waals surface area (Å²) in [6.07, 6.45) is 3.73. The number of nitrogens with two attached hydrogens (primary N) is 5. The van der Waals surface area contributed by atoms with Crippen LogP contribution in [-0.2, 0) is 19.2 Å². The summed E-state index contributed by atoms with van der Waals surface area (Å²) in [5, 5.41) is 54.2. The van der Waals surface area contributed by atoms with E-state index < -0.39 is 36.0 Å². The zero-order valence-corrected chi connectivity index (χ0v) is 20.6. The van der Waals surface area contributed by atoms with Crippen molar-refractivity contribution in [2.24, 2.45) is 28.7 Å². The standard InChI is InChI=1S/2C6H14N4O2.C5H9NO2.C2H5NO2/c2*7-4(5(11)12)2-1-3-10-6(8)9;7-5(8)4-2-1-3-6-4;3-1-2(4)5/h2*4H,1-3,7H2,(H,11,12)(H4,8,9,10);4,6H,1-3H2,(H,7,8);1,3H2,(H,4,5)/t3*4-;/m000./s1. The van der Waals surface area contributed by atoms with Crippen molar-refractivity contribution in [1.29, 1.82) is 10.8 Å². The average molecular weight is 539 g/mol. The van der Waals surface area contributed by atoms with Gasteiger partial charge in [-0.1, -0.05) is 0 Å². The van der Waals surface area contributed by atoms with E-state index in [4.69, 9.17) is 54.2 Å². The van der Waals surface area contributed by atoms with Gasteiger partial charge in [-0.25, -0.2) is 0 Å². The molecule has 216 valence electrons. The summed E-state index contributed by atoms with van der Waals surface area (Å²) < 4.78 is 0. The van der Waals surface area contributed by atoms with Crippen LogP contribution in [0.15, 0.2) is 0 Å². The smallest absolute Gasteiger partial charge is 0.320 e. The zero-order chi connectivity index (χ0) is 29.4. The Labute approximate surface area is 214 Å². The summed E-state index contributed by atoms with van der Waals surface area (Å²) in [6.45, 7) is 1.55. The van der Waals surface area contributed by atoms with Gasteiger partial charge >= 0.3 is 23.9 Å². The quantitative estimate of drug-likeness (QED) is 0.0642. The molecule has 18 heteroatoms. The molecule has 0 aromatic rings. The molecule has 0 spiro atoms. The number of carbonyl (C=O) groups is 4. The van der Waals surface area contributed by atoms with Gasteiger partial charge in [0.25, 0.3) is 0 Å². The maximum atomic E-state index is 10.2. The van der Waals surface area contributed by atoms with Gasteiger partial charge in [-0.15, -0.1) is 0 Å². The topological polar surface area (TPSA) is 363 Å². The Bertz CT molecular complexity index is 666. The van der Waals surface area contributed by atoms with Gasteiger partial charge in [0.1, 0.15) is 18.1 Å². The molecule has 0 saturated carbocycles. The van der Waals surface area contributed by atoms with E-state index in [1.165, 1.54) is 0 Å². The molecular weight excluding hydrogens is 496 g/mol. The van der Waals surface area contributed by atoms with Gasteiger partial charge in [-0.2, -0.15) is 0 Å². The van der Waals surface area contributed by atoms with Crippen LogP contribution in [0.5, 0.6) is 0 Å². The minimum absolute atomic E-state index is 0.112. The van der Waals surface area contributed by atoms with Gasteiger partial charge in [-0.3, -0.25) is 30.0 Å². The Morgan fingerprint density at radius 1 is 0.865 bits per heavy atom. The lowest BCUT2D eigenvalue weighted by atomic mass is 10.2. The number of hydrogen-bond acceptors (Lipinski definition) is 10. The van der Waals surface area contributed by atoms with Gasteiger partial charge in [-0.05, 0) is 45.1 Å². The van der Waals surface area contributed by atoms with Crippen LogP contribution in [0.4, 0.5) is 0 Å². The molecule has 3 atom stereocenters. The largest absolute Gasteiger partial charge is 0.480 e. The van der Waals surface area contributed by atoms with E-state index >= 15 is 0 Å². The van der Waals surface area contributed by atoms with E-state index in [9.17, 15) is 19.2 Å². The fourth-order valence-electron chi connectivity index (χ4n) is 2.23. The first-order valence-corrected chi connectivity index (χ1v) is 11.2. The van der Waals surface area contributed by atoms with Crippen molar-refractivity contribution in [1.82, 2.24) is 16.0 Å². The van der Waals surface area contributed by atoms with Crippen LogP contribution in [0.25, 0.3) is 0 Å². The molecule has 1 fully saturated rings. The van der Waals surface area contributed by atoms with Crippen LogP contribution in [0.1, 0.15) is 38.5 Å². The number of guanidine groups is 2. The fraction of sp³-hybridized carbons (Fsp3) is 0.684. The molecule has 1 saturated heterocycles. The van der Waals surface area contributed by atoms with Gasteiger partial charge in [0.15, 0.2) is 11.9 Å². The molecule has 0 aromatic carbocycles. The number of carboxylic acid groups (broad SMARTS) is 4. The Morgan fingerprint density at radius 2 is 1.24 bits per heavy atom. The van der Waals surface area contributed by atoms with Crippen LogP contribution in [0.2, 0.25) is 0 Å². The lowest BCUT2D eigenvalue weighted by molar-refractivity contribution is -0.139. The highest BCUT2D eigenvalue weighted by Crippen LogP contribution is 2.03. The summed E-state index contributed by atoms with van der Waals surface area (Å²) >= 11 is 0. The monoisotopic (exact) mass is 538 g/mol. The Morgan fingerprint density at radius 3 is 1.43 bits per heavy atom. The molecule has 18 nitrogen and oxygen atoms in total. The summed E-state index contributed by atoms with van der Waals surface area (Å²) in [7, 11) is 0. The number of hydrogen-bond donors (Lipinski definition) is 14. The van der Waals surface area contributed by atoms with Crippen LogP contribution in [0, 0.1) is 10.8 Å². The molecule has 0 amide bonds. The highest BCUT2D eigenvalue weighted by molar-refractivity contribution is 5.75. The van der Waals surface area contributed by atoms with Crippen molar-refractivity contribution in [3.05, 3.63) is 0 Å². The summed E-state index contributed by atoms with van der Waals surface area (Å²) in [5.41, 5.74) is 25.0. The maximum absolute atomic E-state index is 10.2. The van der Waals surface area contributed by atoms with Crippen LogP contribution in [0.3, 0.4) is 0 Å². The van der Waals surface area contributed by atoms with Crippen molar-refractivity contribution in [3.63, 3.8) is 0 Å². The molecule has 0 aromatic heterocycles. The van der Waals surface area contributed by atoms with Crippen molar-refractivity contribution < 1.29 is 39.6 Å². The van der Waals surface area contributed by atoms with Crippen molar-refractivity contribution in [2.75, 3.05) is 26.2 Å². The Kier molecular flexibility index (Phi) is 24.5. The molecule has 0 unspecified atom stereocenters. The minimum atomic E-state index is -1.00. The summed E-state index contributed by atoms with van der Waals surface area (Å²) in [6, 6.07) is -1.91. The highest BCUT2D eigenvalue weighted by Gasteiger charge is 2.20. The third-order valence-electron chi connectivity index (χ3n) is 4.18.